The minimum Gasteiger partial charge on any atom is -0.651 e. The van der Waals surface area contributed by atoms with E-state index in [1.807, 2.05) is 87.4 Å². The van der Waals surface area contributed by atoms with Gasteiger partial charge in [0.25, 0.3) is 11.8 Å². The van der Waals surface area contributed by atoms with Crippen LogP contribution in [0.1, 0.15) is 98.3 Å². The number of benzene rings is 4. The van der Waals surface area contributed by atoms with Gasteiger partial charge in [-0.25, -0.2) is 0 Å². The standard InChI is InChI=1S/C13H17NO.2C12H15NO.C10H11N2O.CH3.V.Y/c1-8-5-11-7-10(3)14(4)13(15)12(11)6-9(8)2;1-7-4-10-6-9(3)13-12(14)11(10)5-8(7)2;1-13-11-8-4-2-6-10(11)7-3-5-9-12(13)14;1-12-9-5-3-2-4-8(9)6-11-7-10(12)13;;;/h5-6,10H,7H2,1-4H3;4-5,9H,6H2,1-3H3,(H,13,14);2,4,6,8H,3,5,7,9H2,1H3;2-5H,6-7H2,1H3;1H3;;/q;;;2*-1;;. The monoisotopic (exact) mass is 911 g/mol. The van der Waals surface area contributed by atoms with Gasteiger partial charge in [-0.1, -0.05) is 55.1 Å². The molecule has 0 bridgehead atoms. The first-order chi connectivity index (χ1) is 26.7. The van der Waals surface area contributed by atoms with Crippen LogP contribution in [0.25, 0.3) is 5.32 Å². The number of anilines is 2. The molecule has 4 aromatic carbocycles. The van der Waals surface area contributed by atoms with Crippen LogP contribution in [-0.2, 0) is 86.7 Å². The van der Waals surface area contributed by atoms with Gasteiger partial charge in [0, 0.05) is 113 Å². The van der Waals surface area contributed by atoms with Crippen LogP contribution in [0.3, 0.4) is 0 Å². The number of amides is 4. The first-order valence-electron chi connectivity index (χ1n) is 19.8. The van der Waals surface area contributed by atoms with Crippen LogP contribution >= 0.6 is 0 Å². The van der Waals surface area contributed by atoms with Crippen LogP contribution in [0.15, 0.2) is 72.8 Å². The first-order valence-corrected chi connectivity index (χ1v) is 19.8. The molecular formula is C48H61N5O4VY-2. The van der Waals surface area contributed by atoms with Crippen molar-refractivity contribution in [3.8, 4) is 0 Å². The zero-order chi connectivity index (χ0) is 40.7. The van der Waals surface area contributed by atoms with E-state index in [1.54, 1.807) is 16.8 Å². The number of nitrogens with zero attached hydrogens (tertiary/aromatic N) is 4. The molecule has 4 amide bonds. The number of rotatable bonds is 0. The summed E-state index contributed by atoms with van der Waals surface area (Å²) in [5.74, 6) is 0.524. The predicted octanol–water partition coefficient (Wildman–Crippen LogP) is 8.66. The van der Waals surface area contributed by atoms with E-state index in [1.165, 1.54) is 38.9 Å². The molecule has 8 rings (SSSR count). The van der Waals surface area contributed by atoms with Gasteiger partial charge in [0.1, 0.15) is 0 Å². The molecule has 2 atom stereocenters. The van der Waals surface area contributed by atoms with E-state index in [9.17, 15) is 19.2 Å². The van der Waals surface area contributed by atoms with Crippen LogP contribution < -0.4 is 15.1 Å². The van der Waals surface area contributed by atoms with Crippen molar-refractivity contribution in [2.75, 3.05) is 37.5 Å². The second kappa shape index (κ2) is 23.4. The third-order valence-electron chi connectivity index (χ3n) is 11.4. The van der Waals surface area contributed by atoms with Crippen molar-refractivity contribution in [1.29, 1.82) is 0 Å². The summed E-state index contributed by atoms with van der Waals surface area (Å²) in [5.41, 5.74) is 13.5. The summed E-state index contributed by atoms with van der Waals surface area (Å²) in [5, 5.41) is 7.10. The fourth-order valence-electron chi connectivity index (χ4n) is 7.46. The van der Waals surface area contributed by atoms with Gasteiger partial charge < -0.3 is 32.8 Å². The van der Waals surface area contributed by atoms with Gasteiger partial charge in [-0.3, -0.25) is 19.2 Å². The van der Waals surface area contributed by atoms with E-state index in [0.717, 1.165) is 60.2 Å². The quantitative estimate of drug-likeness (QED) is 0.179. The molecule has 2 unspecified atom stereocenters. The van der Waals surface area contributed by atoms with E-state index < -0.39 is 0 Å². The maximum atomic E-state index is 12.0. The first kappa shape index (κ1) is 51.5. The van der Waals surface area contributed by atoms with Crippen molar-refractivity contribution < 1.29 is 70.4 Å². The van der Waals surface area contributed by atoms with Gasteiger partial charge in [-0.15, -0.1) is 6.54 Å². The number of carbonyl (C=O) groups excluding carboxylic acids is 4. The second-order valence-electron chi connectivity index (χ2n) is 15.6. The molecule has 312 valence electrons. The van der Waals surface area contributed by atoms with Crippen LogP contribution in [0.2, 0.25) is 0 Å². The largest absolute Gasteiger partial charge is 0.651 e. The van der Waals surface area contributed by atoms with Crippen LogP contribution in [0, 0.1) is 35.1 Å². The molecule has 11 heteroatoms. The van der Waals surface area contributed by atoms with Crippen molar-refractivity contribution in [2.45, 2.75) is 98.7 Å². The molecule has 2 radical (unpaired) electrons. The average Bonchev–Trinajstić information content (AvgIpc) is 3.31. The molecule has 1 N–H and O–H groups in total. The Morgan fingerprint density at radius 1 is 0.610 bits per heavy atom. The molecule has 4 aromatic rings. The smallest absolute Gasteiger partial charge is 0.254 e. The SMILES string of the molecule is CN1C(=O)CCCCc2ccccc21.CN1C(=O)C[N-]Cc2ccccc21.Cc1cc2c(cc1C)C(=O)N(C)C(C)C2.Cc1cc2c(cc1C)C(=O)NC(C)C2.[CH3-].[V].[Y]. The molecule has 59 heavy (non-hydrogen) atoms. The fraction of sp³-hybridized carbons (Fsp3) is 0.396. The Morgan fingerprint density at radius 2 is 1.10 bits per heavy atom. The minimum atomic E-state index is 0. The van der Waals surface area contributed by atoms with Gasteiger partial charge in [0.15, 0.2) is 0 Å². The number of aryl methyl sites for hydroxylation is 5. The van der Waals surface area contributed by atoms with Crippen molar-refractivity contribution >= 4 is 35.0 Å². The molecule has 0 aliphatic carbocycles. The molecule has 0 spiro atoms. The Labute approximate surface area is 390 Å². The van der Waals surface area contributed by atoms with Gasteiger partial charge in [0.2, 0.25) is 11.8 Å². The Balaban J connectivity index is 0.000000267. The molecular weight excluding hydrogens is 850 g/mol. The number of carbonyl (C=O) groups is 4. The van der Waals surface area contributed by atoms with Crippen LogP contribution in [0.5, 0.6) is 0 Å². The Bertz CT molecular complexity index is 2110. The molecule has 0 fully saturated rings. The van der Waals surface area contributed by atoms with Crippen LogP contribution in [0.4, 0.5) is 11.4 Å². The summed E-state index contributed by atoms with van der Waals surface area (Å²) >= 11 is 0. The molecule has 0 aromatic heterocycles. The number of hydrogen-bond donors (Lipinski definition) is 1. The predicted molar refractivity (Wildman–Crippen MR) is 233 cm³/mol. The number of hydrogen-bond acceptors (Lipinski definition) is 4. The summed E-state index contributed by atoms with van der Waals surface area (Å²) in [6.07, 6.45) is 5.83. The zero-order valence-corrected chi connectivity index (χ0v) is 40.9. The second-order valence-corrected chi connectivity index (χ2v) is 15.6. The van der Waals surface area contributed by atoms with E-state index in [4.69, 9.17) is 0 Å². The van der Waals surface area contributed by atoms with Crippen LogP contribution in [-0.4, -0.2) is 68.3 Å². The molecule has 4 aliphatic rings. The van der Waals surface area contributed by atoms with Crippen molar-refractivity contribution in [3.63, 3.8) is 0 Å². The number of para-hydroxylation sites is 2. The maximum absolute atomic E-state index is 12.0. The number of nitrogens with one attached hydrogen (secondary N) is 1. The van der Waals surface area contributed by atoms with Crippen molar-refractivity contribution in [1.82, 2.24) is 10.2 Å². The average molecular weight is 912 g/mol. The summed E-state index contributed by atoms with van der Waals surface area (Å²) in [6, 6.07) is 24.9. The summed E-state index contributed by atoms with van der Waals surface area (Å²) in [6.45, 7) is 13.4. The summed E-state index contributed by atoms with van der Waals surface area (Å²) < 4.78 is 0. The van der Waals surface area contributed by atoms with Gasteiger partial charge in [-0.05, 0) is 142 Å². The number of fused-ring (bicyclic) bond motifs is 4. The third-order valence-corrected chi connectivity index (χ3v) is 11.4. The summed E-state index contributed by atoms with van der Waals surface area (Å²) in [4.78, 5) is 52.0. The molecule has 4 aliphatic heterocycles. The Hall–Kier alpha value is -3.59. The summed E-state index contributed by atoms with van der Waals surface area (Å²) in [7, 11) is 5.54. The molecule has 9 nitrogen and oxygen atoms in total. The molecule has 4 heterocycles. The zero-order valence-electron chi connectivity index (χ0n) is 36.7. The Kier molecular flexibility index (Phi) is 20.5. The molecule has 0 saturated carbocycles. The topological polar surface area (TPSA) is 104 Å². The maximum Gasteiger partial charge on any atom is 0.254 e. The third kappa shape index (κ3) is 13.0. The van der Waals surface area contributed by atoms with Crippen molar-refractivity contribution in [3.05, 3.63) is 141 Å². The van der Waals surface area contributed by atoms with E-state index in [-0.39, 0.29) is 88.4 Å². The fourth-order valence-corrected chi connectivity index (χ4v) is 7.46. The van der Waals surface area contributed by atoms with Gasteiger partial charge in [0.05, 0.1) is 0 Å². The van der Waals surface area contributed by atoms with Crippen molar-refractivity contribution in [2.24, 2.45) is 0 Å². The number of likely N-dealkylation sites (N-methyl/N-ethyl adjacent to an activating group) is 2. The van der Waals surface area contributed by atoms with E-state index >= 15 is 0 Å². The van der Waals surface area contributed by atoms with E-state index in [2.05, 4.69) is 56.5 Å². The minimum absolute atomic E-state index is 0. The van der Waals surface area contributed by atoms with Gasteiger partial charge >= 0.3 is 0 Å². The van der Waals surface area contributed by atoms with E-state index in [0.29, 0.717) is 25.6 Å². The van der Waals surface area contributed by atoms with Gasteiger partial charge in [-0.2, -0.15) is 0 Å². The Morgan fingerprint density at radius 3 is 1.73 bits per heavy atom. The molecule has 0 saturated heterocycles. The normalized spacial score (nSPS) is 17.7.